The van der Waals surface area contributed by atoms with Gasteiger partial charge in [0.05, 0.1) is 5.52 Å². The lowest BCUT2D eigenvalue weighted by Crippen LogP contribution is -2.54. The zero-order chi connectivity index (χ0) is 18.9. The Morgan fingerprint density at radius 1 is 1.04 bits per heavy atom. The van der Waals surface area contributed by atoms with Gasteiger partial charge in [0.25, 0.3) is 0 Å². The summed E-state index contributed by atoms with van der Waals surface area (Å²) in [5, 5.41) is 1.19. The van der Waals surface area contributed by atoms with E-state index in [1.54, 1.807) is 0 Å². The van der Waals surface area contributed by atoms with Gasteiger partial charge in [-0.1, -0.05) is 37.1 Å². The van der Waals surface area contributed by atoms with Crippen molar-refractivity contribution in [1.29, 1.82) is 0 Å². The number of aromatic nitrogens is 1. The minimum atomic E-state index is -0.0425. The number of fused-ring (bicyclic) bond motifs is 2. The maximum Gasteiger partial charge on any atom is 0.241 e. The molecular formula is C22H29N5O. The summed E-state index contributed by atoms with van der Waals surface area (Å²) in [5.74, 6) is 0.745. The van der Waals surface area contributed by atoms with Crippen molar-refractivity contribution in [2.45, 2.75) is 44.3 Å². The van der Waals surface area contributed by atoms with Gasteiger partial charge in [-0.25, -0.2) is 5.43 Å². The van der Waals surface area contributed by atoms with Crippen LogP contribution in [0.3, 0.4) is 0 Å². The van der Waals surface area contributed by atoms with Gasteiger partial charge in [-0.15, -0.1) is 0 Å². The molecule has 5 rings (SSSR count). The molecule has 1 aromatic carbocycles. The van der Waals surface area contributed by atoms with E-state index in [0.717, 1.165) is 44.7 Å². The number of para-hydroxylation sites is 1. The van der Waals surface area contributed by atoms with E-state index >= 15 is 0 Å². The predicted molar refractivity (Wildman–Crippen MR) is 109 cm³/mol. The average molecular weight is 380 g/mol. The topological polar surface area (TPSA) is 60.5 Å². The van der Waals surface area contributed by atoms with Crippen LogP contribution in [0.4, 0.5) is 0 Å². The van der Waals surface area contributed by atoms with Crippen molar-refractivity contribution >= 4 is 16.8 Å². The summed E-state index contributed by atoms with van der Waals surface area (Å²) in [6.45, 7) is 4.36. The van der Waals surface area contributed by atoms with Gasteiger partial charge in [-0.3, -0.25) is 20.1 Å². The van der Waals surface area contributed by atoms with Gasteiger partial charge in [-0.2, -0.15) is 0 Å². The number of hydrogen-bond donors (Lipinski definition) is 2. The zero-order valence-electron chi connectivity index (χ0n) is 16.3. The highest BCUT2D eigenvalue weighted by molar-refractivity contribution is 5.83. The molecule has 0 radical (unpaired) electrons. The molecule has 1 aromatic heterocycles. The first-order valence-electron chi connectivity index (χ1n) is 10.6. The average Bonchev–Trinajstić information content (AvgIpc) is 3.18. The molecule has 0 bridgehead atoms. The first-order chi connectivity index (χ1) is 13.8. The van der Waals surface area contributed by atoms with E-state index in [9.17, 15) is 4.79 Å². The van der Waals surface area contributed by atoms with Gasteiger partial charge in [0.2, 0.25) is 5.91 Å². The van der Waals surface area contributed by atoms with Crippen LogP contribution in [0.25, 0.3) is 10.9 Å². The number of carbonyl (C=O) groups is 1. The second kappa shape index (κ2) is 7.78. The number of pyridine rings is 1. The molecule has 1 saturated carbocycles. The van der Waals surface area contributed by atoms with Crippen molar-refractivity contribution < 1.29 is 4.79 Å². The smallest absolute Gasteiger partial charge is 0.241 e. The minimum Gasteiger partial charge on any atom is -0.339 e. The molecule has 6 heteroatoms. The van der Waals surface area contributed by atoms with Crippen molar-refractivity contribution in [2.24, 2.45) is 5.92 Å². The number of piperazine rings is 1. The summed E-state index contributed by atoms with van der Waals surface area (Å²) >= 11 is 0. The van der Waals surface area contributed by atoms with Crippen LogP contribution in [0.5, 0.6) is 0 Å². The number of nitrogens with one attached hydrogen (secondary N) is 2. The van der Waals surface area contributed by atoms with Crippen molar-refractivity contribution in [3.05, 3.63) is 42.1 Å². The molecule has 3 fully saturated rings. The van der Waals surface area contributed by atoms with Crippen LogP contribution in [0, 0.1) is 5.92 Å². The highest BCUT2D eigenvalue weighted by atomic mass is 16.2. The lowest BCUT2D eigenvalue weighted by atomic mass is 9.81. The molecule has 2 aromatic rings. The third-order valence-electron chi connectivity index (χ3n) is 6.73. The molecule has 1 amide bonds. The van der Waals surface area contributed by atoms with Crippen molar-refractivity contribution in [3.63, 3.8) is 0 Å². The number of amides is 1. The number of hydrogen-bond acceptors (Lipinski definition) is 5. The molecule has 2 saturated heterocycles. The first-order valence-corrected chi connectivity index (χ1v) is 10.6. The van der Waals surface area contributed by atoms with E-state index in [4.69, 9.17) is 0 Å². The van der Waals surface area contributed by atoms with Crippen LogP contribution in [0.15, 0.2) is 36.5 Å². The van der Waals surface area contributed by atoms with Crippen LogP contribution in [0.1, 0.15) is 31.2 Å². The summed E-state index contributed by atoms with van der Waals surface area (Å²) in [5.41, 5.74) is 9.03. The first kappa shape index (κ1) is 18.0. The molecule has 1 aliphatic carbocycles. The quantitative estimate of drug-likeness (QED) is 0.853. The fourth-order valence-corrected chi connectivity index (χ4v) is 5.15. The van der Waals surface area contributed by atoms with Crippen LogP contribution in [-0.4, -0.2) is 59.0 Å². The fraction of sp³-hybridized carbons (Fsp3) is 0.545. The molecule has 0 spiro atoms. The molecule has 6 nitrogen and oxygen atoms in total. The molecule has 3 heterocycles. The monoisotopic (exact) mass is 379 g/mol. The molecule has 2 aliphatic heterocycles. The summed E-state index contributed by atoms with van der Waals surface area (Å²) in [7, 11) is 0. The molecule has 3 aliphatic rings. The highest BCUT2D eigenvalue weighted by Gasteiger charge is 2.42. The van der Waals surface area contributed by atoms with E-state index in [1.165, 1.54) is 30.2 Å². The third-order valence-corrected chi connectivity index (χ3v) is 6.73. The Morgan fingerprint density at radius 3 is 2.75 bits per heavy atom. The van der Waals surface area contributed by atoms with Crippen molar-refractivity contribution in [1.82, 2.24) is 25.6 Å². The van der Waals surface area contributed by atoms with Crippen LogP contribution < -0.4 is 10.9 Å². The molecule has 28 heavy (non-hydrogen) atoms. The number of rotatable bonds is 3. The summed E-state index contributed by atoms with van der Waals surface area (Å²) < 4.78 is 0. The van der Waals surface area contributed by atoms with E-state index < -0.39 is 0 Å². The standard InChI is InChI=1S/C22H29N5O/c28-22(21-18-8-1-2-9-19(18)24-25-21)27-13-11-26(12-14-27)15-17-6-3-5-16-7-4-10-23-20(16)17/h3-7,10,18-19,21,24-25H,1-2,8-9,11-15H2. The Labute approximate surface area is 166 Å². The Morgan fingerprint density at radius 2 is 1.86 bits per heavy atom. The maximum atomic E-state index is 13.1. The van der Waals surface area contributed by atoms with E-state index in [1.807, 2.05) is 12.3 Å². The van der Waals surface area contributed by atoms with Crippen LogP contribution >= 0.6 is 0 Å². The molecule has 3 atom stereocenters. The number of hydrazine groups is 1. The lowest BCUT2D eigenvalue weighted by Gasteiger charge is -2.37. The Bertz CT molecular complexity index is 842. The largest absolute Gasteiger partial charge is 0.339 e. The second-order valence-electron chi connectivity index (χ2n) is 8.41. The Balaban J connectivity index is 1.20. The summed E-state index contributed by atoms with van der Waals surface area (Å²) in [4.78, 5) is 22.2. The number of carbonyl (C=O) groups excluding carboxylic acids is 1. The Hall–Kier alpha value is -2.02. The minimum absolute atomic E-state index is 0.0425. The fourth-order valence-electron chi connectivity index (χ4n) is 5.15. The summed E-state index contributed by atoms with van der Waals surface area (Å²) in [6, 6.07) is 10.9. The van der Waals surface area contributed by atoms with Crippen molar-refractivity contribution in [2.75, 3.05) is 26.2 Å². The second-order valence-corrected chi connectivity index (χ2v) is 8.41. The van der Waals surface area contributed by atoms with Gasteiger partial charge in [0, 0.05) is 56.3 Å². The number of nitrogens with zero attached hydrogens (tertiary/aromatic N) is 3. The van der Waals surface area contributed by atoms with Crippen LogP contribution in [0.2, 0.25) is 0 Å². The van der Waals surface area contributed by atoms with Crippen molar-refractivity contribution in [3.8, 4) is 0 Å². The van der Waals surface area contributed by atoms with Gasteiger partial charge >= 0.3 is 0 Å². The van der Waals surface area contributed by atoms with E-state index in [2.05, 4.69) is 49.9 Å². The van der Waals surface area contributed by atoms with Gasteiger partial charge in [0.15, 0.2) is 0 Å². The molecule has 148 valence electrons. The molecular weight excluding hydrogens is 350 g/mol. The Kier molecular flexibility index (Phi) is 5.01. The zero-order valence-corrected chi connectivity index (χ0v) is 16.3. The van der Waals surface area contributed by atoms with Gasteiger partial charge in [0.1, 0.15) is 6.04 Å². The normalized spacial score (nSPS) is 28.4. The van der Waals surface area contributed by atoms with Gasteiger partial charge < -0.3 is 4.90 Å². The molecule has 3 unspecified atom stereocenters. The summed E-state index contributed by atoms with van der Waals surface area (Å²) in [6.07, 6.45) is 6.74. The van der Waals surface area contributed by atoms with E-state index in [-0.39, 0.29) is 11.9 Å². The van der Waals surface area contributed by atoms with Crippen LogP contribution in [-0.2, 0) is 11.3 Å². The molecule has 2 N–H and O–H groups in total. The SMILES string of the molecule is O=C(C1NNC2CCCCC21)N1CCN(Cc2cccc3cccnc23)CC1. The number of benzene rings is 1. The van der Waals surface area contributed by atoms with Gasteiger partial charge in [-0.05, 0) is 24.5 Å². The van der Waals surface area contributed by atoms with E-state index in [0.29, 0.717) is 12.0 Å². The highest BCUT2D eigenvalue weighted by Crippen LogP contribution is 2.31. The maximum absolute atomic E-state index is 13.1. The predicted octanol–water partition coefficient (Wildman–Crippen LogP) is 1.91. The lowest BCUT2D eigenvalue weighted by molar-refractivity contribution is -0.136. The third kappa shape index (κ3) is 3.41.